The van der Waals surface area contributed by atoms with Gasteiger partial charge in [-0.3, -0.25) is 9.59 Å². The molecule has 1 heterocycles. The first kappa shape index (κ1) is 16.5. The van der Waals surface area contributed by atoms with Crippen LogP contribution in [0.3, 0.4) is 0 Å². The third-order valence-corrected chi connectivity index (χ3v) is 4.56. The van der Waals surface area contributed by atoms with Crippen molar-refractivity contribution in [1.82, 2.24) is 15.1 Å². The Labute approximate surface area is 144 Å². The normalized spacial score (nSPS) is 16.0. The molecule has 1 aromatic heterocycles. The number of nitrogens with one attached hydrogen (secondary N) is 1. The highest BCUT2D eigenvalue weighted by Gasteiger charge is 2.38. The van der Waals surface area contributed by atoms with E-state index in [2.05, 4.69) is 10.4 Å². The molecule has 6 nitrogen and oxygen atoms in total. The molecule has 126 valence electrons. The van der Waals surface area contributed by atoms with Gasteiger partial charge in [-0.25, -0.2) is 4.68 Å². The Morgan fingerprint density at radius 1 is 1.29 bits per heavy atom. The molecule has 1 aliphatic carbocycles. The van der Waals surface area contributed by atoms with Crippen LogP contribution in [0.25, 0.3) is 5.69 Å². The second kappa shape index (κ2) is 6.65. The SMILES string of the molecule is O=C(O)CC1(NC(=O)c2ccn(-c3cccc(Cl)c3)n2)CCCC1. The molecule has 2 N–H and O–H groups in total. The Morgan fingerprint density at radius 3 is 2.71 bits per heavy atom. The minimum atomic E-state index is -0.901. The van der Waals surface area contributed by atoms with Gasteiger partial charge in [0.25, 0.3) is 5.91 Å². The number of carbonyl (C=O) groups excluding carboxylic acids is 1. The van der Waals surface area contributed by atoms with Crippen molar-refractivity contribution < 1.29 is 14.7 Å². The Hall–Kier alpha value is -2.34. The standard InChI is InChI=1S/C17H18ClN3O3/c18-12-4-3-5-13(10-12)21-9-6-14(20-21)16(24)19-17(11-15(22)23)7-1-2-8-17/h3-6,9-10H,1-2,7-8,11H2,(H,19,24)(H,22,23). The number of nitrogens with zero attached hydrogens (tertiary/aromatic N) is 2. The molecule has 7 heteroatoms. The van der Waals surface area contributed by atoms with Gasteiger partial charge in [-0.1, -0.05) is 30.5 Å². The molecule has 0 aliphatic heterocycles. The molecular weight excluding hydrogens is 330 g/mol. The number of carboxylic acids is 1. The van der Waals surface area contributed by atoms with Crippen LogP contribution >= 0.6 is 11.6 Å². The summed E-state index contributed by atoms with van der Waals surface area (Å²) < 4.78 is 1.57. The van der Waals surface area contributed by atoms with E-state index in [4.69, 9.17) is 16.7 Å². The highest BCUT2D eigenvalue weighted by atomic mass is 35.5. The molecule has 24 heavy (non-hydrogen) atoms. The first-order valence-electron chi connectivity index (χ1n) is 7.83. The first-order valence-corrected chi connectivity index (χ1v) is 8.21. The molecule has 3 rings (SSSR count). The van der Waals surface area contributed by atoms with E-state index in [1.807, 2.05) is 6.07 Å². The van der Waals surface area contributed by atoms with Crippen LogP contribution in [0, 0.1) is 0 Å². The maximum atomic E-state index is 12.5. The summed E-state index contributed by atoms with van der Waals surface area (Å²) in [6.45, 7) is 0. The van der Waals surface area contributed by atoms with Crippen molar-refractivity contribution in [3.05, 3.63) is 47.2 Å². The summed E-state index contributed by atoms with van der Waals surface area (Å²) in [6, 6.07) is 8.76. The zero-order valence-electron chi connectivity index (χ0n) is 13.0. The predicted molar refractivity (Wildman–Crippen MR) is 89.5 cm³/mol. The van der Waals surface area contributed by atoms with Gasteiger partial charge in [0.05, 0.1) is 17.6 Å². The van der Waals surface area contributed by atoms with Crippen molar-refractivity contribution in [2.45, 2.75) is 37.6 Å². The number of benzene rings is 1. The number of aliphatic carboxylic acids is 1. The number of hydrogen-bond acceptors (Lipinski definition) is 3. The fraction of sp³-hybridized carbons (Fsp3) is 0.353. The maximum absolute atomic E-state index is 12.5. The number of carboxylic acid groups (broad SMARTS) is 1. The van der Waals surface area contributed by atoms with E-state index in [-0.39, 0.29) is 18.0 Å². The van der Waals surface area contributed by atoms with E-state index in [1.165, 1.54) is 0 Å². The van der Waals surface area contributed by atoms with E-state index in [1.54, 1.807) is 35.1 Å². The molecule has 0 saturated heterocycles. The van der Waals surface area contributed by atoms with Gasteiger partial charge in [0.1, 0.15) is 0 Å². The minimum absolute atomic E-state index is 0.0618. The van der Waals surface area contributed by atoms with Crippen LogP contribution in [0.1, 0.15) is 42.6 Å². The van der Waals surface area contributed by atoms with Crippen molar-refractivity contribution in [2.75, 3.05) is 0 Å². The van der Waals surface area contributed by atoms with Crippen LogP contribution in [-0.2, 0) is 4.79 Å². The first-order chi connectivity index (χ1) is 11.5. The van der Waals surface area contributed by atoms with E-state index < -0.39 is 11.5 Å². The molecule has 1 saturated carbocycles. The molecule has 1 amide bonds. The lowest BCUT2D eigenvalue weighted by atomic mass is 9.93. The Bertz CT molecular complexity index is 766. The summed E-state index contributed by atoms with van der Waals surface area (Å²) in [6.07, 6.45) is 4.82. The van der Waals surface area contributed by atoms with Crippen LogP contribution in [0.4, 0.5) is 0 Å². The Balaban J connectivity index is 1.77. The number of amides is 1. The van der Waals surface area contributed by atoms with Gasteiger partial charge in [0, 0.05) is 11.2 Å². The lowest BCUT2D eigenvalue weighted by Crippen LogP contribution is -2.48. The molecular formula is C17H18ClN3O3. The topological polar surface area (TPSA) is 84.2 Å². The third-order valence-electron chi connectivity index (χ3n) is 4.32. The van der Waals surface area contributed by atoms with Crippen molar-refractivity contribution in [2.24, 2.45) is 0 Å². The van der Waals surface area contributed by atoms with Crippen molar-refractivity contribution in [3.63, 3.8) is 0 Å². The van der Waals surface area contributed by atoms with Gasteiger partial charge >= 0.3 is 5.97 Å². The Morgan fingerprint density at radius 2 is 2.04 bits per heavy atom. The van der Waals surface area contributed by atoms with Gasteiger partial charge < -0.3 is 10.4 Å². The molecule has 1 aromatic carbocycles. The van der Waals surface area contributed by atoms with Gasteiger partial charge in [-0.2, -0.15) is 5.10 Å². The van der Waals surface area contributed by atoms with Crippen molar-refractivity contribution in [1.29, 1.82) is 0 Å². The summed E-state index contributed by atoms with van der Waals surface area (Å²) in [5.41, 5.74) is 0.345. The lowest BCUT2D eigenvalue weighted by molar-refractivity contribution is -0.138. The van der Waals surface area contributed by atoms with E-state index in [0.717, 1.165) is 18.5 Å². The number of halogens is 1. The molecule has 1 fully saturated rings. The number of hydrogen-bond donors (Lipinski definition) is 2. The largest absolute Gasteiger partial charge is 0.481 e. The molecule has 2 aromatic rings. The number of aromatic nitrogens is 2. The smallest absolute Gasteiger partial charge is 0.305 e. The molecule has 0 radical (unpaired) electrons. The van der Waals surface area contributed by atoms with Gasteiger partial charge in [-0.05, 0) is 37.1 Å². The van der Waals surface area contributed by atoms with Crippen molar-refractivity contribution >= 4 is 23.5 Å². The van der Waals surface area contributed by atoms with Crippen LogP contribution in [0.5, 0.6) is 0 Å². The molecule has 0 bridgehead atoms. The fourth-order valence-electron chi connectivity index (χ4n) is 3.20. The fourth-order valence-corrected chi connectivity index (χ4v) is 3.38. The summed E-state index contributed by atoms with van der Waals surface area (Å²) in [4.78, 5) is 23.6. The highest BCUT2D eigenvalue weighted by Crippen LogP contribution is 2.32. The monoisotopic (exact) mass is 347 g/mol. The zero-order valence-corrected chi connectivity index (χ0v) is 13.8. The average Bonchev–Trinajstić information content (AvgIpc) is 3.16. The van der Waals surface area contributed by atoms with Gasteiger partial charge in [0.2, 0.25) is 0 Å². The lowest BCUT2D eigenvalue weighted by Gasteiger charge is -2.28. The van der Waals surface area contributed by atoms with E-state index in [0.29, 0.717) is 17.9 Å². The second-order valence-electron chi connectivity index (χ2n) is 6.14. The van der Waals surface area contributed by atoms with E-state index in [9.17, 15) is 9.59 Å². The van der Waals surface area contributed by atoms with Gasteiger partial charge in [0.15, 0.2) is 5.69 Å². The maximum Gasteiger partial charge on any atom is 0.305 e. The molecule has 1 aliphatic rings. The van der Waals surface area contributed by atoms with Crippen LogP contribution in [0.2, 0.25) is 5.02 Å². The minimum Gasteiger partial charge on any atom is -0.481 e. The summed E-state index contributed by atoms with van der Waals surface area (Å²) in [5.74, 6) is -1.25. The molecule has 0 unspecified atom stereocenters. The molecule has 0 spiro atoms. The van der Waals surface area contributed by atoms with Gasteiger partial charge in [-0.15, -0.1) is 0 Å². The summed E-state index contributed by atoms with van der Waals surface area (Å²) >= 11 is 5.97. The van der Waals surface area contributed by atoms with E-state index >= 15 is 0 Å². The average molecular weight is 348 g/mol. The summed E-state index contributed by atoms with van der Waals surface area (Å²) in [7, 11) is 0. The van der Waals surface area contributed by atoms with Crippen LogP contribution in [0.15, 0.2) is 36.5 Å². The quantitative estimate of drug-likeness (QED) is 0.870. The number of rotatable bonds is 5. The summed E-state index contributed by atoms with van der Waals surface area (Å²) in [5, 5.41) is 16.9. The molecule has 0 atom stereocenters. The number of carbonyl (C=O) groups is 2. The third kappa shape index (κ3) is 3.59. The highest BCUT2D eigenvalue weighted by molar-refractivity contribution is 6.30. The van der Waals surface area contributed by atoms with Crippen LogP contribution in [-0.4, -0.2) is 32.3 Å². The predicted octanol–water partition coefficient (Wildman–Crippen LogP) is 3.04. The Kier molecular flexibility index (Phi) is 4.57. The van der Waals surface area contributed by atoms with Crippen molar-refractivity contribution in [3.8, 4) is 5.69 Å². The van der Waals surface area contributed by atoms with Crippen LogP contribution < -0.4 is 5.32 Å². The second-order valence-corrected chi connectivity index (χ2v) is 6.57. The zero-order chi connectivity index (χ0) is 17.2.